The first-order chi connectivity index (χ1) is 9.90. The van der Waals surface area contributed by atoms with Gasteiger partial charge in [-0.2, -0.15) is 0 Å². The maximum Gasteiger partial charge on any atom is 0.216 e. The summed E-state index contributed by atoms with van der Waals surface area (Å²) >= 11 is 1.64. The third-order valence-electron chi connectivity index (χ3n) is 3.39. The first kappa shape index (κ1) is 13.3. The second-order valence-electron chi connectivity index (χ2n) is 4.82. The van der Waals surface area contributed by atoms with Crippen molar-refractivity contribution in [3.8, 4) is 11.3 Å². The average molecular weight is 286 g/mol. The molecule has 3 rings (SSSR count). The molecule has 5 heteroatoms. The van der Waals surface area contributed by atoms with Crippen molar-refractivity contribution in [3.63, 3.8) is 0 Å². The number of nitrogens with two attached hydrogens (primary N) is 1. The molecule has 3 aromatic rings. The number of hydrogen-bond acceptors (Lipinski definition) is 4. The summed E-state index contributed by atoms with van der Waals surface area (Å²) in [6.45, 7) is 0.767. The Morgan fingerprint density at radius 3 is 2.70 bits per heavy atom. The van der Waals surface area contributed by atoms with E-state index in [1.807, 2.05) is 6.07 Å². The van der Waals surface area contributed by atoms with Crippen LogP contribution in [-0.2, 0) is 6.42 Å². The highest BCUT2D eigenvalue weighted by atomic mass is 32.1. The van der Waals surface area contributed by atoms with E-state index in [2.05, 4.69) is 44.2 Å². The number of aryl methyl sites for hydroxylation is 1. The fourth-order valence-corrected chi connectivity index (χ4v) is 3.21. The molecule has 2 N–H and O–H groups in total. The molecule has 0 fully saturated rings. The largest absolute Gasteiger partial charge is 0.330 e. The molecule has 0 amide bonds. The number of unbranched alkanes of at least 4 members (excludes halogenated alkanes) is 2. The lowest BCUT2D eigenvalue weighted by Crippen LogP contribution is -2.00. The molecule has 0 aliphatic heterocycles. The van der Waals surface area contributed by atoms with Crippen molar-refractivity contribution in [2.24, 2.45) is 5.73 Å². The van der Waals surface area contributed by atoms with Crippen molar-refractivity contribution in [2.75, 3.05) is 6.54 Å². The number of nitrogens with zero attached hydrogens (tertiary/aromatic N) is 3. The van der Waals surface area contributed by atoms with Gasteiger partial charge in [0.2, 0.25) is 4.96 Å². The Labute approximate surface area is 122 Å². The molecular weight excluding hydrogens is 268 g/mol. The van der Waals surface area contributed by atoms with Gasteiger partial charge < -0.3 is 5.73 Å². The van der Waals surface area contributed by atoms with Gasteiger partial charge in [-0.25, -0.2) is 0 Å². The molecule has 0 aliphatic rings. The number of hydrogen-bond donors (Lipinski definition) is 1. The lowest BCUT2D eigenvalue weighted by Gasteiger charge is -2.03. The van der Waals surface area contributed by atoms with E-state index in [0.29, 0.717) is 0 Å². The molecule has 104 valence electrons. The lowest BCUT2D eigenvalue weighted by atomic mass is 10.1. The molecule has 0 bridgehead atoms. The Morgan fingerprint density at radius 2 is 1.90 bits per heavy atom. The normalized spacial score (nSPS) is 11.2. The van der Waals surface area contributed by atoms with E-state index in [9.17, 15) is 0 Å². The predicted molar refractivity (Wildman–Crippen MR) is 82.9 cm³/mol. The maximum atomic E-state index is 5.53. The van der Waals surface area contributed by atoms with Gasteiger partial charge in [0, 0.05) is 11.8 Å². The van der Waals surface area contributed by atoms with Crippen LogP contribution < -0.4 is 5.73 Å². The van der Waals surface area contributed by atoms with Gasteiger partial charge in [-0.3, -0.25) is 4.40 Å². The standard InChI is InChI=1S/C15H18N4S/c16-10-6-2-5-9-14-17-18-15-19(14)13(11-20-15)12-7-3-1-4-8-12/h1,3-4,7-8,11H,2,5-6,9-10,16H2. The van der Waals surface area contributed by atoms with Gasteiger partial charge in [0.15, 0.2) is 0 Å². The van der Waals surface area contributed by atoms with Crippen molar-refractivity contribution in [2.45, 2.75) is 25.7 Å². The summed E-state index contributed by atoms with van der Waals surface area (Å²) < 4.78 is 2.18. The van der Waals surface area contributed by atoms with E-state index in [0.717, 1.165) is 43.0 Å². The van der Waals surface area contributed by atoms with Crippen LogP contribution in [0.15, 0.2) is 35.7 Å². The number of aromatic nitrogens is 3. The highest BCUT2D eigenvalue weighted by molar-refractivity contribution is 7.15. The van der Waals surface area contributed by atoms with Crippen molar-refractivity contribution in [3.05, 3.63) is 41.5 Å². The second kappa shape index (κ2) is 6.15. The molecule has 20 heavy (non-hydrogen) atoms. The summed E-state index contributed by atoms with van der Waals surface area (Å²) in [6.07, 6.45) is 4.30. The van der Waals surface area contributed by atoms with Crippen LogP contribution in [0, 0.1) is 0 Å². The van der Waals surface area contributed by atoms with Crippen molar-refractivity contribution in [1.29, 1.82) is 0 Å². The molecule has 2 aromatic heterocycles. The molecule has 0 spiro atoms. The molecule has 1 aromatic carbocycles. The van der Waals surface area contributed by atoms with Crippen LogP contribution in [-0.4, -0.2) is 21.1 Å². The van der Waals surface area contributed by atoms with Gasteiger partial charge in [0.05, 0.1) is 5.69 Å². The molecule has 4 nitrogen and oxygen atoms in total. The molecule has 0 radical (unpaired) electrons. The van der Waals surface area contributed by atoms with E-state index < -0.39 is 0 Å². The van der Waals surface area contributed by atoms with Crippen molar-refractivity contribution in [1.82, 2.24) is 14.6 Å². The molecule has 2 heterocycles. The number of fused-ring (bicyclic) bond motifs is 1. The van der Waals surface area contributed by atoms with Crippen molar-refractivity contribution >= 4 is 16.3 Å². The molecule has 0 saturated carbocycles. The van der Waals surface area contributed by atoms with E-state index in [1.54, 1.807) is 11.3 Å². The van der Waals surface area contributed by atoms with Crippen molar-refractivity contribution < 1.29 is 0 Å². The fraction of sp³-hybridized carbons (Fsp3) is 0.333. The van der Waals surface area contributed by atoms with E-state index in [1.165, 1.54) is 11.3 Å². The fourth-order valence-electron chi connectivity index (χ4n) is 2.35. The summed E-state index contributed by atoms with van der Waals surface area (Å²) in [6, 6.07) is 10.4. The zero-order chi connectivity index (χ0) is 13.8. The minimum absolute atomic E-state index is 0.767. The van der Waals surface area contributed by atoms with Gasteiger partial charge >= 0.3 is 0 Å². The first-order valence-corrected chi connectivity index (χ1v) is 7.85. The Hall–Kier alpha value is -1.72. The molecule has 0 unspecified atom stereocenters. The monoisotopic (exact) mass is 286 g/mol. The molecule has 0 atom stereocenters. The third-order valence-corrected chi connectivity index (χ3v) is 4.21. The summed E-state index contributed by atoms with van der Waals surface area (Å²) in [5, 5.41) is 10.8. The Morgan fingerprint density at radius 1 is 1.05 bits per heavy atom. The Balaban J connectivity index is 1.89. The number of benzene rings is 1. The summed E-state index contributed by atoms with van der Waals surface area (Å²) in [5.41, 5.74) is 7.93. The van der Waals surface area contributed by atoms with E-state index in [-0.39, 0.29) is 0 Å². The minimum atomic E-state index is 0.767. The minimum Gasteiger partial charge on any atom is -0.330 e. The predicted octanol–water partition coefficient (Wildman–Crippen LogP) is 3.13. The van der Waals surface area contributed by atoms with Crippen LogP contribution >= 0.6 is 11.3 Å². The molecular formula is C15H18N4S. The smallest absolute Gasteiger partial charge is 0.216 e. The van der Waals surface area contributed by atoms with Gasteiger partial charge in [0.25, 0.3) is 0 Å². The first-order valence-electron chi connectivity index (χ1n) is 6.97. The van der Waals surface area contributed by atoms with Gasteiger partial charge in [0.1, 0.15) is 5.82 Å². The van der Waals surface area contributed by atoms with Gasteiger partial charge in [-0.05, 0) is 24.9 Å². The zero-order valence-electron chi connectivity index (χ0n) is 11.3. The topological polar surface area (TPSA) is 56.2 Å². The van der Waals surface area contributed by atoms with Crippen LogP contribution in [0.4, 0.5) is 0 Å². The van der Waals surface area contributed by atoms with Gasteiger partial charge in [-0.1, -0.05) is 36.8 Å². The molecule has 0 saturated heterocycles. The third kappa shape index (κ3) is 2.59. The van der Waals surface area contributed by atoms with Gasteiger partial charge in [-0.15, -0.1) is 21.5 Å². The zero-order valence-corrected chi connectivity index (χ0v) is 12.1. The quantitative estimate of drug-likeness (QED) is 0.708. The second-order valence-corrected chi connectivity index (χ2v) is 5.66. The Bertz CT molecular complexity index is 672. The number of thiazole rings is 1. The van der Waals surface area contributed by atoms with E-state index in [4.69, 9.17) is 5.73 Å². The SMILES string of the molecule is NCCCCCc1nnc2scc(-c3ccccc3)n12. The highest BCUT2D eigenvalue weighted by Crippen LogP contribution is 2.26. The summed E-state index contributed by atoms with van der Waals surface area (Å²) in [5.74, 6) is 1.05. The van der Waals surface area contributed by atoms with Crippen LogP contribution in [0.3, 0.4) is 0 Å². The summed E-state index contributed by atoms with van der Waals surface area (Å²) in [7, 11) is 0. The highest BCUT2D eigenvalue weighted by Gasteiger charge is 2.12. The lowest BCUT2D eigenvalue weighted by molar-refractivity contribution is 0.666. The van der Waals surface area contributed by atoms with E-state index >= 15 is 0 Å². The van der Waals surface area contributed by atoms with Crippen LogP contribution in [0.5, 0.6) is 0 Å². The van der Waals surface area contributed by atoms with Crippen LogP contribution in [0.1, 0.15) is 25.1 Å². The maximum absolute atomic E-state index is 5.53. The van der Waals surface area contributed by atoms with Crippen LogP contribution in [0.25, 0.3) is 16.2 Å². The average Bonchev–Trinajstić information content (AvgIpc) is 3.07. The van der Waals surface area contributed by atoms with Crippen LogP contribution in [0.2, 0.25) is 0 Å². The number of rotatable bonds is 6. The Kier molecular flexibility index (Phi) is 4.08. The summed E-state index contributed by atoms with van der Waals surface area (Å²) in [4.78, 5) is 0.970. The molecule has 0 aliphatic carbocycles.